The van der Waals surface area contributed by atoms with Crippen molar-refractivity contribution in [2.24, 2.45) is 0 Å². The minimum atomic E-state index is -4.40. The normalized spacial score (nSPS) is 13.1. The molecule has 178 valence electrons. The second-order valence-corrected chi connectivity index (χ2v) is 8.62. The fourth-order valence-corrected chi connectivity index (χ4v) is 4.51. The Morgan fingerprint density at radius 3 is 2.59 bits per heavy atom. The van der Waals surface area contributed by atoms with Gasteiger partial charge in [-0.1, -0.05) is 24.3 Å². The molecular weight excluding hydrogens is 467 g/mol. The fraction of sp³-hybridized carbons (Fsp3) is 0.280. The minimum Gasteiger partial charge on any atom is -0.492 e. The van der Waals surface area contributed by atoms with Crippen LogP contribution in [0.5, 0.6) is 11.5 Å². The number of rotatable bonds is 7. The average Bonchev–Trinajstić information content (AvgIpc) is 2.86. The molecule has 0 aliphatic carbocycles. The van der Waals surface area contributed by atoms with Crippen LogP contribution in [0, 0.1) is 0 Å². The summed E-state index contributed by atoms with van der Waals surface area (Å²) in [5.41, 5.74) is 2.46. The Kier molecular flexibility index (Phi) is 7.31. The van der Waals surface area contributed by atoms with Gasteiger partial charge in [0, 0.05) is 23.1 Å². The van der Waals surface area contributed by atoms with Crippen LogP contribution >= 0.6 is 11.8 Å². The Morgan fingerprint density at radius 2 is 1.91 bits per heavy atom. The van der Waals surface area contributed by atoms with Crippen molar-refractivity contribution in [3.8, 4) is 22.8 Å². The second kappa shape index (κ2) is 10.4. The largest absolute Gasteiger partial charge is 0.492 e. The molecule has 5 nitrogen and oxygen atoms in total. The molecule has 0 atom stereocenters. The molecule has 0 radical (unpaired) electrons. The quantitative estimate of drug-likeness (QED) is 0.303. The maximum Gasteiger partial charge on any atom is 0.417 e. The van der Waals surface area contributed by atoms with E-state index in [4.69, 9.17) is 9.47 Å². The molecule has 34 heavy (non-hydrogen) atoms. The number of thioether (sulfide) groups is 1. The first-order valence-corrected chi connectivity index (χ1v) is 11.6. The van der Waals surface area contributed by atoms with Gasteiger partial charge in [-0.15, -0.1) is 11.8 Å². The van der Waals surface area contributed by atoms with Gasteiger partial charge in [0.2, 0.25) is 0 Å². The molecule has 0 saturated heterocycles. The van der Waals surface area contributed by atoms with Gasteiger partial charge in [0.15, 0.2) is 6.61 Å². The average molecular weight is 490 g/mol. The SMILES string of the molecule is COC(=O)COc1ccc(SCc2ccc(-c3ccc(C(F)(F)F)cn3)cc2)c2c1CCCO2. The van der Waals surface area contributed by atoms with E-state index in [1.165, 1.54) is 13.2 Å². The number of nitrogens with zero attached hydrogens (tertiary/aromatic N) is 1. The number of aromatic nitrogens is 1. The van der Waals surface area contributed by atoms with E-state index in [2.05, 4.69) is 9.72 Å². The Bertz CT molecular complexity index is 1150. The highest BCUT2D eigenvalue weighted by Gasteiger charge is 2.30. The number of fused-ring (bicyclic) bond motifs is 1. The fourth-order valence-electron chi connectivity index (χ4n) is 3.52. The first-order chi connectivity index (χ1) is 16.3. The number of hydrogen-bond acceptors (Lipinski definition) is 6. The van der Waals surface area contributed by atoms with Gasteiger partial charge in [0.25, 0.3) is 0 Å². The van der Waals surface area contributed by atoms with Gasteiger partial charge < -0.3 is 14.2 Å². The molecule has 0 bridgehead atoms. The van der Waals surface area contributed by atoms with Gasteiger partial charge in [0.05, 0.1) is 29.9 Å². The van der Waals surface area contributed by atoms with Crippen LogP contribution in [-0.2, 0) is 27.9 Å². The van der Waals surface area contributed by atoms with E-state index in [9.17, 15) is 18.0 Å². The summed E-state index contributed by atoms with van der Waals surface area (Å²) in [6.07, 6.45) is -1.88. The Morgan fingerprint density at radius 1 is 1.12 bits per heavy atom. The van der Waals surface area contributed by atoms with Crippen LogP contribution in [0.3, 0.4) is 0 Å². The first kappa shape index (κ1) is 23.9. The van der Waals surface area contributed by atoms with Gasteiger partial charge in [-0.25, -0.2) is 4.79 Å². The van der Waals surface area contributed by atoms with Crippen molar-refractivity contribution in [1.29, 1.82) is 0 Å². The molecule has 9 heteroatoms. The van der Waals surface area contributed by atoms with E-state index >= 15 is 0 Å². The summed E-state index contributed by atoms with van der Waals surface area (Å²) < 4.78 is 54.4. The molecule has 3 aromatic rings. The molecule has 1 aromatic heterocycles. The molecule has 0 spiro atoms. The predicted molar refractivity (Wildman–Crippen MR) is 122 cm³/mol. The molecule has 0 amide bonds. The van der Waals surface area contributed by atoms with E-state index in [0.717, 1.165) is 52.4 Å². The lowest BCUT2D eigenvalue weighted by Crippen LogP contribution is -2.15. The summed E-state index contributed by atoms with van der Waals surface area (Å²) in [4.78, 5) is 16.3. The number of methoxy groups -OCH3 is 1. The number of halogens is 3. The second-order valence-electron chi connectivity index (χ2n) is 7.60. The summed E-state index contributed by atoms with van der Waals surface area (Å²) in [6.45, 7) is 0.464. The van der Waals surface area contributed by atoms with Crippen LogP contribution < -0.4 is 9.47 Å². The molecule has 1 aliphatic heterocycles. The zero-order valence-electron chi connectivity index (χ0n) is 18.4. The maximum atomic E-state index is 12.7. The van der Waals surface area contributed by atoms with Crippen LogP contribution in [0.15, 0.2) is 59.6 Å². The first-order valence-electron chi connectivity index (χ1n) is 10.6. The van der Waals surface area contributed by atoms with E-state index in [0.29, 0.717) is 23.8 Å². The van der Waals surface area contributed by atoms with Crippen LogP contribution in [-0.4, -0.2) is 31.3 Å². The highest BCUT2D eigenvalue weighted by molar-refractivity contribution is 7.98. The van der Waals surface area contributed by atoms with Gasteiger partial charge in [-0.2, -0.15) is 13.2 Å². The Labute approximate surface area is 199 Å². The number of esters is 1. The zero-order chi connectivity index (χ0) is 24.1. The highest BCUT2D eigenvalue weighted by atomic mass is 32.2. The van der Waals surface area contributed by atoms with Gasteiger partial charge in [0.1, 0.15) is 11.5 Å². The van der Waals surface area contributed by atoms with Crippen molar-refractivity contribution in [3.63, 3.8) is 0 Å². The standard InChI is InChI=1S/C25H22F3NO4S/c1-31-23(30)14-33-21-10-11-22(24-19(21)3-2-12-32-24)34-15-16-4-6-17(7-5-16)20-9-8-18(13-29-20)25(26,27)28/h4-11,13H,2-3,12,14-15H2,1H3. The summed E-state index contributed by atoms with van der Waals surface area (Å²) in [5, 5.41) is 0. The number of benzene rings is 2. The summed E-state index contributed by atoms with van der Waals surface area (Å²) in [5.74, 6) is 1.64. The summed E-state index contributed by atoms with van der Waals surface area (Å²) >= 11 is 1.62. The number of hydrogen-bond donors (Lipinski definition) is 0. The van der Waals surface area contributed by atoms with Crippen molar-refractivity contribution >= 4 is 17.7 Å². The lowest BCUT2D eigenvalue weighted by molar-refractivity contribution is -0.143. The Hall–Kier alpha value is -3.20. The molecule has 1 aliphatic rings. The van der Waals surface area contributed by atoms with Crippen molar-refractivity contribution in [2.45, 2.75) is 29.7 Å². The van der Waals surface area contributed by atoms with E-state index in [-0.39, 0.29) is 6.61 Å². The lowest BCUT2D eigenvalue weighted by Gasteiger charge is -2.23. The van der Waals surface area contributed by atoms with Gasteiger partial charge >= 0.3 is 12.1 Å². The number of ether oxygens (including phenoxy) is 3. The summed E-state index contributed by atoms with van der Waals surface area (Å²) in [6, 6.07) is 13.7. The number of carbonyl (C=O) groups is 1. The van der Waals surface area contributed by atoms with E-state index < -0.39 is 17.7 Å². The number of alkyl halides is 3. The lowest BCUT2D eigenvalue weighted by atomic mass is 10.1. The molecule has 0 N–H and O–H groups in total. The van der Waals surface area contributed by atoms with Crippen molar-refractivity contribution in [1.82, 2.24) is 4.98 Å². The van der Waals surface area contributed by atoms with Crippen LogP contribution in [0.2, 0.25) is 0 Å². The van der Waals surface area contributed by atoms with Crippen LogP contribution in [0.4, 0.5) is 13.2 Å². The molecule has 4 rings (SSSR count). The van der Waals surface area contributed by atoms with E-state index in [1.54, 1.807) is 11.8 Å². The van der Waals surface area contributed by atoms with Crippen molar-refractivity contribution < 1.29 is 32.2 Å². The maximum absolute atomic E-state index is 12.7. The van der Waals surface area contributed by atoms with Crippen LogP contribution in [0.1, 0.15) is 23.1 Å². The number of carbonyl (C=O) groups excluding carboxylic acids is 1. The molecule has 0 fully saturated rings. The summed E-state index contributed by atoms with van der Waals surface area (Å²) in [7, 11) is 1.32. The van der Waals surface area contributed by atoms with Crippen molar-refractivity contribution in [3.05, 3.63) is 71.4 Å². The number of pyridine rings is 1. The van der Waals surface area contributed by atoms with Crippen LogP contribution in [0.25, 0.3) is 11.3 Å². The molecule has 2 heterocycles. The monoisotopic (exact) mass is 489 g/mol. The predicted octanol–water partition coefficient (Wildman–Crippen LogP) is 5.94. The van der Waals surface area contributed by atoms with Gasteiger partial charge in [-0.05, 0) is 42.7 Å². The smallest absolute Gasteiger partial charge is 0.417 e. The molecule has 2 aromatic carbocycles. The van der Waals surface area contributed by atoms with E-state index in [1.807, 2.05) is 36.4 Å². The molecule has 0 saturated carbocycles. The highest BCUT2D eigenvalue weighted by Crippen LogP contribution is 2.42. The Balaban J connectivity index is 1.44. The molecule has 0 unspecified atom stereocenters. The third-order valence-electron chi connectivity index (χ3n) is 5.31. The topological polar surface area (TPSA) is 57.7 Å². The van der Waals surface area contributed by atoms with Gasteiger partial charge in [-0.3, -0.25) is 4.98 Å². The molecular formula is C25H22F3NO4S. The van der Waals surface area contributed by atoms with Crippen molar-refractivity contribution in [2.75, 3.05) is 20.3 Å². The minimum absolute atomic E-state index is 0.157. The third kappa shape index (κ3) is 5.64. The third-order valence-corrected chi connectivity index (χ3v) is 6.42. The zero-order valence-corrected chi connectivity index (χ0v) is 19.2.